The van der Waals surface area contributed by atoms with Crippen molar-refractivity contribution in [3.05, 3.63) is 34.8 Å². The number of carbonyl (C=O) groups is 1. The standard InChI is InChI=1S/C25H33N11O4S/c26-19-18-21(31-11-30-19)36(12-32-18)23-16(37)8-14(40-23)10-41-15-3-6-35(7-4-15)25(39)28-5-1-2-13-9-29-20-17(13)22(38)34-24(27)33-20/h9,11-12,14-16,23,37H,1-8,10H2,(H,28,39)(H2,26,30,31)(H4,27,29,33,34,38)/t14-,16-,23+/m0/s1. The van der Waals surface area contributed by atoms with E-state index in [1.165, 1.54) is 6.33 Å². The van der Waals surface area contributed by atoms with Gasteiger partial charge < -0.3 is 36.5 Å². The minimum absolute atomic E-state index is 0.0678. The monoisotopic (exact) mass is 583 g/mol. The van der Waals surface area contributed by atoms with E-state index in [4.69, 9.17) is 16.2 Å². The summed E-state index contributed by atoms with van der Waals surface area (Å²) in [5, 5.41) is 14.6. The van der Waals surface area contributed by atoms with Gasteiger partial charge in [0, 0.05) is 43.3 Å². The molecule has 6 rings (SSSR count). The van der Waals surface area contributed by atoms with E-state index in [9.17, 15) is 14.7 Å². The summed E-state index contributed by atoms with van der Waals surface area (Å²) in [5.41, 5.74) is 13.6. The summed E-state index contributed by atoms with van der Waals surface area (Å²) in [5.74, 6) is 1.12. The Bertz CT molecular complexity index is 1600. The van der Waals surface area contributed by atoms with E-state index in [-0.39, 0.29) is 23.6 Å². The first-order valence-corrected chi connectivity index (χ1v) is 14.7. The molecule has 4 aromatic rings. The number of nitrogens with zero attached hydrogens (tertiary/aromatic N) is 6. The Labute approximate surface area is 238 Å². The average molecular weight is 584 g/mol. The number of imidazole rings is 1. The predicted molar refractivity (Wildman–Crippen MR) is 154 cm³/mol. The number of urea groups is 1. The van der Waals surface area contributed by atoms with Gasteiger partial charge in [-0.05, 0) is 31.2 Å². The number of likely N-dealkylation sites (tertiary alicyclic amines) is 1. The van der Waals surface area contributed by atoms with Crippen molar-refractivity contribution in [3.63, 3.8) is 0 Å². The molecule has 16 heteroatoms. The number of aliphatic hydroxyl groups excluding tert-OH is 1. The fourth-order valence-corrected chi connectivity index (χ4v) is 6.76. The van der Waals surface area contributed by atoms with E-state index in [1.54, 1.807) is 17.1 Å². The molecule has 218 valence electrons. The molecular formula is C25H33N11O4S. The number of nitrogen functional groups attached to an aromatic ring is 2. The molecule has 2 aliphatic heterocycles. The lowest BCUT2D eigenvalue weighted by atomic mass is 10.1. The van der Waals surface area contributed by atoms with E-state index >= 15 is 0 Å². The Kier molecular flexibility index (Phi) is 7.68. The highest BCUT2D eigenvalue weighted by molar-refractivity contribution is 7.99. The number of ether oxygens (including phenoxy) is 1. The van der Waals surface area contributed by atoms with Crippen LogP contribution in [0.5, 0.6) is 0 Å². The highest BCUT2D eigenvalue weighted by Gasteiger charge is 2.37. The van der Waals surface area contributed by atoms with Crippen molar-refractivity contribution >= 4 is 51.8 Å². The fraction of sp³-hybridized carbons (Fsp3) is 0.520. The van der Waals surface area contributed by atoms with Crippen molar-refractivity contribution in [1.82, 2.24) is 44.7 Å². The van der Waals surface area contributed by atoms with E-state index in [1.807, 2.05) is 16.7 Å². The number of aromatic amines is 2. The van der Waals surface area contributed by atoms with Gasteiger partial charge in [-0.25, -0.2) is 19.7 Å². The Balaban J connectivity index is 0.914. The Morgan fingerprint density at radius 2 is 2.07 bits per heavy atom. The van der Waals surface area contributed by atoms with Gasteiger partial charge in [0.2, 0.25) is 5.95 Å². The third-order valence-corrected chi connectivity index (χ3v) is 9.12. The molecule has 8 N–H and O–H groups in total. The molecule has 2 aliphatic rings. The number of amides is 2. The zero-order valence-electron chi connectivity index (χ0n) is 22.3. The van der Waals surface area contributed by atoms with E-state index in [0.29, 0.717) is 72.2 Å². The van der Waals surface area contributed by atoms with Crippen LogP contribution in [0.4, 0.5) is 16.6 Å². The lowest BCUT2D eigenvalue weighted by molar-refractivity contribution is -0.0285. The van der Waals surface area contributed by atoms with Crippen LogP contribution < -0.4 is 22.3 Å². The maximum absolute atomic E-state index is 12.7. The van der Waals surface area contributed by atoms with Crippen LogP contribution in [0, 0.1) is 0 Å². The second-order valence-corrected chi connectivity index (χ2v) is 11.7. The molecule has 0 spiro atoms. The van der Waals surface area contributed by atoms with Gasteiger partial charge in [-0.2, -0.15) is 16.7 Å². The van der Waals surface area contributed by atoms with Crippen LogP contribution >= 0.6 is 11.8 Å². The SMILES string of the molecule is Nc1nc2[nH]cc(CCCNC(=O)N3CCC(SC[C@@H]4C[C@H](O)[C@H](n5cnc6c(N)ncnc65)O4)CC3)c2c(=O)[nH]1. The highest BCUT2D eigenvalue weighted by atomic mass is 32.2. The van der Waals surface area contributed by atoms with Crippen molar-refractivity contribution in [2.75, 3.05) is 36.9 Å². The van der Waals surface area contributed by atoms with Gasteiger partial charge in [0.15, 0.2) is 17.7 Å². The number of H-pyrrole nitrogens is 2. The largest absolute Gasteiger partial charge is 0.388 e. The Hall–Kier alpha value is -3.89. The topological polar surface area (TPSA) is 219 Å². The fourth-order valence-electron chi connectivity index (χ4n) is 5.52. The third kappa shape index (κ3) is 5.67. The van der Waals surface area contributed by atoms with Crippen molar-refractivity contribution in [1.29, 1.82) is 0 Å². The normalized spacial score (nSPS) is 21.7. The number of aryl methyl sites for hydroxylation is 1. The van der Waals surface area contributed by atoms with Crippen molar-refractivity contribution < 1.29 is 14.6 Å². The maximum Gasteiger partial charge on any atom is 0.317 e. The molecule has 6 heterocycles. The first kappa shape index (κ1) is 27.3. The van der Waals surface area contributed by atoms with Crippen LogP contribution in [0.1, 0.15) is 37.5 Å². The molecule has 41 heavy (non-hydrogen) atoms. The summed E-state index contributed by atoms with van der Waals surface area (Å²) in [6.45, 7) is 1.88. The number of hydrogen-bond acceptors (Lipinski definition) is 11. The number of aromatic nitrogens is 7. The molecule has 2 saturated heterocycles. The van der Waals surface area contributed by atoms with E-state index < -0.39 is 12.3 Å². The van der Waals surface area contributed by atoms with Gasteiger partial charge >= 0.3 is 6.03 Å². The molecule has 0 radical (unpaired) electrons. The molecule has 0 aromatic carbocycles. The number of piperidine rings is 1. The summed E-state index contributed by atoms with van der Waals surface area (Å²) in [7, 11) is 0. The lowest BCUT2D eigenvalue weighted by Gasteiger charge is -2.32. The molecule has 0 bridgehead atoms. The number of anilines is 2. The van der Waals surface area contributed by atoms with Gasteiger partial charge in [0.05, 0.1) is 17.8 Å². The smallest absolute Gasteiger partial charge is 0.317 e. The number of hydrogen-bond donors (Lipinski definition) is 6. The second kappa shape index (κ2) is 11.5. The molecule has 0 unspecified atom stereocenters. The first-order chi connectivity index (χ1) is 19.9. The quantitative estimate of drug-likeness (QED) is 0.159. The Morgan fingerprint density at radius 1 is 1.24 bits per heavy atom. The summed E-state index contributed by atoms with van der Waals surface area (Å²) >= 11 is 1.83. The second-order valence-electron chi connectivity index (χ2n) is 10.4. The van der Waals surface area contributed by atoms with Crippen molar-refractivity contribution in [3.8, 4) is 0 Å². The van der Waals surface area contributed by atoms with Gasteiger partial charge in [-0.15, -0.1) is 0 Å². The molecule has 4 aromatic heterocycles. The van der Waals surface area contributed by atoms with Crippen LogP contribution in [0.15, 0.2) is 23.6 Å². The number of thioether (sulfide) groups is 1. The molecule has 2 amide bonds. The third-order valence-electron chi connectivity index (χ3n) is 7.61. The van der Waals surface area contributed by atoms with Gasteiger partial charge in [0.1, 0.15) is 23.6 Å². The van der Waals surface area contributed by atoms with Crippen LogP contribution in [0.3, 0.4) is 0 Å². The average Bonchev–Trinajstić information content (AvgIpc) is 3.67. The molecule has 0 aliphatic carbocycles. The van der Waals surface area contributed by atoms with Crippen LogP contribution in [0.25, 0.3) is 22.2 Å². The number of rotatable bonds is 8. The number of nitrogens with two attached hydrogens (primary N) is 2. The number of carbonyl (C=O) groups excluding carboxylic acids is 1. The predicted octanol–water partition coefficient (Wildman–Crippen LogP) is 0.744. The lowest BCUT2D eigenvalue weighted by Crippen LogP contribution is -2.45. The van der Waals surface area contributed by atoms with Crippen molar-refractivity contribution in [2.24, 2.45) is 0 Å². The zero-order valence-corrected chi connectivity index (χ0v) is 23.1. The summed E-state index contributed by atoms with van der Waals surface area (Å²) < 4.78 is 7.90. The maximum atomic E-state index is 12.7. The number of aliphatic hydroxyl groups is 1. The van der Waals surface area contributed by atoms with Gasteiger partial charge in [-0.3, -0.25) is 14.3 Å². The first-order valence-electron chi connectivity index (χ1n) is 13.6. The van der Waals surface area contributed by atoms with Gasteiger partial charge in [-0.1, -0.05) is 0 Å². The highest BCUT2D eigenvalue weighted by Crippen LogP contribution is 2.34. The zero-order chi connectivity index (χ0) is 28.5. The minimum atomic E-state index is -0.674. The van der Waals surface area contributed by atoms with Crippen LogP contribution in [-0.4, -0.2) is 93.4 Å². The van der Waals surface area contributed by atoms with E-state index in [0.717, 1.165) is 24.2 Å². The molecule has 0 saturated carbocycles. The summed E-state index contributed by atoms with van der Waals surface area (Å²) in [4.78, 5) is 48.8. The van der Waals surface area contributed by atoms with Crippen LogP contribution in [0.2, 0.25) is 0 Å². The summed E-state index contributed by atoms with van der Waals surface area (Å²) in [6, 6.07) is -0.0678. The minimum Gasteiger partial charge on any atom is -0.388 e. The molecule has 2 fully saturated rings. The van der Waals surface area contributed by atoms with E-state index in [2.05, 4.69) is 35.2 Å². The molecule has 3 atom stereocenters. The van der Waals surface area contributed by atoms with Crippen molar-refractivity contribution in [2.45, 2.75) is 55.8 Å². The van der Waals surface area contributed by atoms with Gasteiger partial charge in [0.25, 0.3) is 5.56 Å². The number of nitrogens with one attached hydrogen (secondary N) is 3. The molecular weight excluding hydrogens is 550 g/mol. The van der Waals surface area contributed by atoms with Crippen LogP contribution in [-0.2, 0) is 11.2 Å². The Morgan fingerprint density at radius 3 is 2.90 bits per heavy atom. The molecule has 15 nitrogen and oxygen atoms in total. The summed E-state index contributed by atoms with van der Waals surface area (Å²) in [6.07, 6.45) is 7.01. The number of fused-ring (bicyclic) bond motifs is 2.